The third kappa shape index (κ3) is 2.77. The van der Waals surface area contributed by atoms with Crippen LogP contribution in [0.3, 0.4) is 0 Å². The maximum absolute atomic E-state index is 13.1. The van der Waals surface area contributed by atoms with E-state index in [1.165, 1.54) is 0 Å². The molecule has 7 nitrogen and oxygen atoms in total. The van der Waals surface area contributed by atoms with Crippen molar-refractivity contribution >= 4 is 16.7 Å². The summed E-state index contributed by atoms with van der Waals surface area (Å²) in [6, 6.07) is 10.6. The SMILES string of the molecule is Cn1cnc2c(=O)n(-c3ccc(OCF)cc3)cc(-c3ccc4nccn4c3)c21. The Morgan fingerprint density at radius 2 is 1.90 bits per heavy atom. The summed E-state index contributed by atoms with van der Waals surface area (Å²) in [7, 11) is 1.86. The van der Waals surface area contributed by atoms with Crippen molar-refractivity contribution in [3.63, 3.8) is 0 Å². The predicted molar refractivity (Wildman–Crippen MR) is 107 cm³/mol. The van der Waals surface area contributed by atoms with E-state index in [0.29, 0.717) is 17.0 Å². The van der Waals surface area contributed by atoms with Crippen molar-refractivity contribution in [2.75, 3.05) is 6.86 Å². The molecule has 0 aliphatic heterocycles. The molecule has 29 heavy (non-hydrogen) atoms. The van der Waals surface area contributed by atoms with Crippen molar-refractivity contribution in [1.29, 1.82) is 0 Å². The Balaban J connectivity index is 1.75. The minimum atomic E-state index is -0.903. The van der Waals surface area contributed by atoms with Gasteiger partial charge in [-0.25, -0.2) is 14.4 Å². The van der Waals surface area contributed by atoms with Crippen LogP contribution in [0.25, 0.3) is 33.5 Å². The van der Waals surface area contributed by atoms with Gasteiger partial charge in [-0.15, -0.1) is 0 Å². The average Bonchev–Trinajstić information content (AvgIpc) is 3.36. The van der Waals surface area contributed by atoms with E-state index in [-0.39, 0.29) is 5.56 Å². The van der Waals surface area contributed by atoms with Gasteiger partial charge in [-0.05, 0) is 36.4 Å². The van der Waals surface area contributed by atoms with Crippen molar-refractivity contribution in [2.45, 2.75) is 0 Å². The Hall–Kier alpha value is -3.94. The number of aromatic nitrogens is 5. The molecule has 5 aromatic rings. The molecule has 0 spiro atoms. The lowest BCUT2D eigenvalue weighted by atomic mass is 10.1. The molecule has 0 atom stereocenters. The summed E-state index contributed by atoms with van der Waals surface area (Å²) in [6.45, 7) is -0.903. The van der Waals surface area contributed by atoms with Crippen LogP contribution in [0.2, 0.25) is 0 Å². The highest BCUT2D eigenvalue weighted by molar-refractivity contribution is 5.91. The second kappa shape index (κ2) is 6.59. The molecule has 0 radical (unpaired) electrons. The van der Waals surface area contributed by atoms with Gasteiger partial charge in [-0.1, -0.05) is 0 Å². The molecule has 144 valence electrons. The number of nitrogens with zero attached hydrogens (tertiary/aromatic N) is 5. The summed E-state index contributed by atoms with van der Waals surface area (Å²) < 4.78 is 22.5. The van der Waals surface area contributed by atoms with Crippen LogP contribution in [0.1, 0.15) is 0 Å². The van der Waals surface area contributed by atoms with E-state index < -0.39 is 6.86 Å². The number of hydrogen-bond donors (Lipinski definition) is 0. The van der Waals surface area contributed by atoms with Crippen LogP contribution in [0.15, 0.2) is 72.3 Å². The molecular weight excluding hydrogens is 373 g/mol. The highest BCUT2D eigenvalue weighted by Crippen LogP contribution is 2.28. The lowest BCUT2D eigenvalue weighted by Crippen LogP contribution is -2.19. The quantitative estimate of drug-likeness (QED) is 0.473. The standard InChI is InChI=1S/C21H16FN5O2/c1-25-13-24-19-20(25)17(14-2-7-18-23-8-9-26(18)10-14)11-27(21(19)28)15-3-5-16(6-4-15)29-12-22/h2-11,13H,12H2,1H3. The minimum Gasteiger partial charge on any atom is -0.463 e. The first kappa shape index (κ1) is 17.2. The number of rotatable bonds is 4. The number of alkyl halides is 1. The Morgan fingerprint density at radius 3 is 2.69 bits per heavy atom. The normalized spacial score (nSPS) is 11.4. The van der Waals surface area contributed by atoms with Gasteiger partial charge < -0.3 is 13.7 Å². The molecule has 0 saturated carbocycles. The van der Waals surface area contributed by atoms with Crippen molar-refractivity contribution in [1.82, 2.24) is 23.5 Å². The van der Waals surface area contributed by atoms with Crippen LogP contribution in [0, 0.1) is 0 Å². The third-order valence-corrected chi connectivity index (χ3v) is 4.91. The first-order valence-corrected chi connectivity index (χ1v) is 8.94. The summed E-state index contributed by atoms with van der Waals surface area (Å²) in [4.78, 5) is 21.7. The Labute approximate surface area is 164 Å². The highest BCUT2D eigenvalue weighted by atomic mass is 19.1. The molecule has 5 rings (SSSR count). The lowest BCUT2D eigenvalue weighted by molar-refractivity contribution is 0.192. The smallest absolute Gasteiger partial charge is 0.283 e. The van der Waals surface area contributed by atoms with Crippen LogP contribution < -0.4 is 10.3 Å². The zero-order valence-electron chi connectivity index (χ0n) is 15.5. The van der Waals surface area contributed by atoms with Crippen molar-refractivity contribution in [2.24, 2.45) is 7.05 Å². The van der Waals surface area contributed by atoms with Gasteiger partial charge in [-0.3, -0.25) is 9.36 Å². The maximum Gasteiger partial charge on any atom is 0.283 e. The average molecular weight is 389 g/mol. The molecule has 0 fully saturated rings. The second-order valence-electron chi connectivity index (χ2n) is 6.63. The van der Waals surface area contributed by atoms with E-state index in [0.717, 1.165) is 22.3 Å². The van der Waals surface area contributed by atoms with Crippen LogP contribution in [-0.2, 0) is 7.05 Å². The van der Waals surface area contributed by atoms with Gasteiger partial charge in [0, 0.05) is 48.6 Å². The van der Waals surface area contributed by atoms with Gasteiger partial charge in [-0.2, -0.15) is 0 Å². The van der Waals surface area contributed by atoms with Crippen molar-refractivity contribution in [3.8, 4) is 22.6 Å². The number of imidazole rings is 2. The molecule has 4 heterocycles. The zero-order valence-corrected chi connectivity index (χ0v) is 15.5. The fourth-order valence-electron chi connectivity index (χ4n) is 3.52. The van der Waals surface area contributed by atoms with Crippen LogP contribution in [0.4, 0.5) is 4.39 Å². The number of pyridine rings is 2. The van der Waals surface area contributed by atoms with Crippen LogP contribution in [0.5, 0.6) is 5.75 Å². The summed E-state index contributed by atoms with van der Waals surface area (Å²) in [5.74, 6) is 0.397. The predicted octanol–water partition coefficient (Wildman–Crippen LogP) is 3.34. The third-order valence-electron chi connectivity index (χ3n) is 4.91. The molecule has 0 saturated heterocycles. The fraction of sp³-hybridized carbons (Fsp3) is 0.0952. The topological polar surface area (TPSA) is 66.3 Å². The Bertz CT molecular complexity index is 1400. The highest BCUT2D eigenvalue weighted by Gasteiger charge is 2.16. The maximum atomic E-state index is 13.1. The van der Waals surface area contributed by atoms with E-state index in [1.807, 2.05) is 40.5 Å². The number of benzene rings is 1. The minimum absolute atomic E-state index is 0.229. The van der Waals surface area contributed by atoms with Crippen LogP contribution >= 0.6 is 0 Å². The summed E-state index contributed by atoms with van der Waals surface area (Å²) >= 11 is 0. The summed E-state index contributed by atoms with van der Waals surface area (Å²) in [5.41, 5.74) is 4.16. The summed E-state index contributed by atoms with van der Waals surface area (Å²) in [5, 5.41) is 0. The largest absolute Gasteiger partial charge is 0.463 e. The van der Waals surface area contributed by atoms with E-state index in [9.17, 15) is 9.18 Å². The van der Waals surface area contributed by atoms with E-state index in [1.54, 1.807) is 47.6 Å². The lowest BCUT2D eigenvalue weighted by Gasteiger charge is -2.12. The molecule has 8 heteroatoms. The molecule has 0 amide bonds. The number of halogens is 1. The van der Waals surface area contributed by atoms with E-state index in [2.05, 4.69) is 9.97 Å². The van der Waals surface area contributed by atoms with Gasteiger partial charge >= 0.3 is 0 Å². The Morgan fingerprint density at radius 1 is 1.07 bits per heavy atom. The number of hydrogen-bond acceptors (Lipinski definition) is 4. The molecule has 4 aromatic heterocycles. The van der Waals surface area contributed by atoms with Gasteiger partial charge in [0.05, 0.1) is 11.8 Å². The number of fused-ring (bicyclic) bond motifs is 2. The molecule has 1 aromatic carbocycles. The van der Waals surface area contributed by atoms with Crippen molar-refractivity contribution in [3.05, 3.63) is 77.9 Å². The molecule has 0 N–H and O–H groups in total. The second-order valence-corrected chi connectivity index (χ2v) is 6.63. The van der Waals surface area contributed by atoms with Crippen LogP contribution in [-0.4, -0.2) is 30.4 Å². The van der Waals surface area contributed by atoms with E-state index in [4.69, 9.17) is 4.74 Å². The van der Waals surface area contributed by atoms with Gasteiger partial charge in [0.1, 0.15) is 11.4 Å². The molecule has 0 aliphatic carbocycles. The van der Waals surface area contributed by atoms with Gasteiger partial charge in [0.2, 0.25) is 6.86 Å². The molecular formula is C21H16FN5O2. The first-order chi connectivity index (χ1) is 14.2. The van der Waals surface area contributed by atoms with Crippen molar-refractivity contribution < 1.29 is 9.13 Å². The number of ether oxygens (including phenoxy) is 1. The van der Waals surface area contributed by atoms with Gasteiger partial charge in [0.25, 0.3) is 5.56 Å². The fourth-order valence-corrected chi connectivity index (χ4v) is 3.52. The first-order valence-electron chi connectivity index (χ1n) is 8.94. The van der Waals surface area contributed by atoms with E-state index >= 15 is 0 Å². The summed E-state index contributed by atoms with van der Waals surface area (Å²) in [6.07, 6.45) is 9.01. The molecule has 0 aliphatic rings. The molecule has 0 unspecified atom stereocenters. The zero-order chi connectivity index (χ0) is 20.0. The van der Waals surface area contributed by atoms with Gasteiger partial charge in [0.15, 0.2) is 5.52 Å². The molecule has 0 bridgehead atoms. The monoisotopic (exact) mass is 389 g/mol. The Kier molecular flexibility index (Phi) is 3.90. The number of aryl methyl sites for hydroxylation is 1.